The molecule has 0 aliphatic carbocycles. The van der Waals surface area contributed by atoms with Crippen LogP contribution in [0.1, 0.15) is 11.1 Å². The third-order valence-corrected chi connectivity index (χ3v) is 4.41. The van der Waals surface area contributed by atoms with Crippen molar-refractivity contribution in [2.75, 3.05) is 39.0 Å². The van der Waals surface area contributed by atoms with Gasteiger partial charge in [0.2, 0.25) is 0 Å². The van der Waals surface area contributed by atoms with E-state index in [1.165, 1.54) is 11.1 Å². The van der Waals surface area contributed by atoms with Crippen molar-refractivity contribution < 1.29 is 4.74 Å². The summed E-state index contributed by atoms with van der Waals surface area (Å²) in [5.41, 5.74) is 9.26. The molecule has 2 aromatic carbocycles. The third-order valence-electron chi connectivity index (χ3n) is 4.41. The van der Waals surface area contributed by atoms with E-state index >= 15 is 0 Å². The highest BCUT2D eigenvalue weighted by Gasteiger charge is 2.18. The van der Waals surface area contributed by atoms with Gasteiger partial charge >= 0.3 is 0 Å². The number of ether oxygens (including phenoxy) is 1. The Kier molecular flexibility index (Phi) is 9.08. The molecule has 1 aliphatic rings. The highest BCUT2D eigenvalue weighted by molar-refractivity contribution is 5.85. The summed E-state index contributed by atoms with van der Waals surface area (Å²) < 4.78 is 5.45. The molecule has 0 unspecified atom stereocenters. The molecule has 6 heteroatoms. The number of rotatable bonds is 5. The molecule has 2 N–H and O–H groups in total. The number of hydrogen-bond donors (Lipinski definition) is 1. The van der Waals surface area contributed by atoms with Gasteiger partial charge in [0.15, 0.2) is 0 Å². The fourth-order valence-electron chi connectivity index (χ4n) is 3.13. The number of anilines is 1. The van der Waals surface area contributed by atoms with Crippen LogP contribution < -0.4 is 10.5 Å². The molecule has 0 bridgehead atoms. The van der Waals surface area contributed by atoms with Gasteiger partial charge in [0.05, 0.1) is 7.11 Å². The normalized spacial score (nSPS) is 15.1. The lowest BCUT2D eigenvalue weighted by molar-refractivity contribution is 0.121. The van der Waals surface area contributed by atoms with E-state index in [4.69, 9.17) is 10.5 Å². The molecule has 1 heterocycles. The SMILES string of the molecule is COc1ccccc1CN1CCN(Cc2cccc(N)c2)CC1.Cl.Cl. The van der Waals surface area contributed by atoms with Gasteiger partial charge in [0, 0.05) is 50.5 Å². The maximum Gasteiger partial charge on any atom is 0.123 e. The number of nitrogens with two attached hydrogens (primary N) is 1. The average Bonchev–Trinajstić information content (AvgIpc) is 2.57. The van der Waals surface area contributed by atoms with Gasteiger partial charge in [-0.25, -0.2) is 0 Å². The molecule has 0 amide bonds. The number of methoxy groups -OCH3 is 1. The largest absolute Gasteiger partial charge is 0.496 e. The smallest absolute Gasteiger partial charge is 0.123 e. The lowest BCUT2D eigenvalue weighted by Crippen LogP contribution is -2.45. The topological polar surface area (TPSA) is 41.7 Å². The van der Waals surface area contributed by atoms with Gasteiger partial charge in [-0.3, -0.25) is 9.80 Å². The van der Waals surface area contributed by atoms with E-state index < -0.39 is 0 Å². The number of halogens is 2. The van der Waals surface area contributed by atoms with Gasteiger partial charge in [-0.05, 0) is 23.8 Å². The van der Waals surface area contributed by atoms with Gasteiger partial charge in [0.1, 0.15) is 5.75 Å². The van der Waals surface area contributed by atoms with E-state index in [2.05, 4.69) is 34.1 Å². The third kappa shape index (κ3) is 6.08. The van der Waals surface area contributed by atoms with Gasteiger partial charge in [-0.1, -0.05) is 30.3 Å². The highest BCUT2D eigenvalue weighted by Crippen LogP contribution is 2.20. The summed E-state index contributed by atoms with van der Waals surface area (Å²) in [6, 6.07) is 16.5. The van der Waals surface area contributed by atoms with Crippen molar-refractivity contribution in [3.63, 3.8) is 0 Å². The molecule has 4 nitrogen and oxygen atoms in total. The Balaban J connectivity index is 0.00000156. The summed E-state index contributed by atoms with van der Waals surface area (Å²) in [7, 11) is 1.74. The lowest BCUT2D eigenvalue weighted by Gasteiger charge is -2.35. The molecular weight excluding hydrogens is 357 g/mol. The Bertz CT molecular complexity index is 646. The lowest BCUT2D eigenvalue weighted by atomic mass is 10.1. The van der Waals surface area contributed by atoms with Crippen molar-refractivity contribution >= 4 is 30.5 Å². The van der Waals surface area contributed by atoms with E-state index in [1.807, 2.05) is 24.3 Å². The molecular formula is C19H27Cl2N3O. The first-order valence-electron chi connectivity index (χ1n) is 8.15. The Hall–Kier alpha value is -1.46. The zero-order chi connectivity index (χ0) is 16.1. The van der Waals surface area contributed by atoms with Crippen molar-refractivity contribution in [2.24, 2.45) is 0 Å². The van der Waals surface area contributed by atoms with Crippen LogP contribution in [-0.2, 0) is 13.1 Å². The van der Waals surface area contributed by atoms with E-state index in [1.54, 1.807) is 7.11 Å². The fraction of sp³-hybridized carbons (Fsp3) is 0.368. The molecule has 0 atom stereocenters. The minimum atomic E-state index is 0. The molecule has 1 fully saturated rings. The standard InChI is InChI=1S/C19H25N3O.2ClH/c1-23-19-8-3-2-6-17(19)15-22-11-9-21(10-12-22)14-16-5-4-7-18(20)13-16;;/h2-8,13H,9-12,14-15,20H2,1H3;2*1H. The Morgan fingerprint density at radius 3 is 2.16 bits per heavy atom. The predicted molar refractivity (Wildman–Crippen MR) is 109 cm³/mol. The van der Waals surface area contributed by atoms with Crippen molar-refractivity contribution in [3.05, 3.63) is 59.7 Å². The van der Waals surface area contributed by atoms with Crippen LogP contribution in [0.15, 0.2) is 48.5 Å². The average molecular weight is 384 g/mol. The predicted octanol–water partition coefficient (Wildman–Crippen LogP) is 3.44. The molecule has 0 radical (unpaired) electrons. The minimum Gasteiger partial charge on any atom is -0.496 e. The fourth-order valence-corrected chi connectivity index (χ4v) is 3.13. The summed E-state index contributed by atoms with van der Waals surface area (Å²) in [5, 5.41) is 0. The number of nitrogens with zero attached hydrogens (tertiary/aromatic N) is 2. The first-order valence-corrected chi connectivity index (χ1v) is 8.15. The van der Waals surface area contributed by atoms with Gasteiger partial charge in [-0.15, -0.1) is 24.8 Å². The molecule has 25 heavy (non-hydrogen) atoms. The molecule has 0 aromatic heterocycles. The zero-order valence-electron chi connectivity index (χ0n) is 14.6. The highest BCUT2D eigenvalue weighted by atomic mass is 35.5. The Morgan fingerprint density at radius 1 is 0.880 bits per heavy atom. The van der Waals surface area contributed by atoms with E-state index in [0.29, 0.717) is 0 Å². The molecule has 3 rings (SSSR count). The quantitative estimate of drug-likeness (QED) is 0.802. The van der Waals surface area contributed by atoms with E-state index in [9.17, 15) is 0 Å². The maximum absolute atomic E-state index is 5.86. The molecule has 0 spiro atoms. The summed E-state index contributed by atoms with van der Waals surface area (Å²) in [6.45, 7) is 6.28. The van der Waals surface area contributed by atoms with Crippen molar-refractivity contribution in [1.29, 1.82) is 0 Å². The van der Waals surface area contributed by atoms with Crippen molar-refractivity contribution in [2.45, 2.75) is 13.1 Å². The van der Waals surface area contributed by atoms with E-state index in [0.717, 1.165) is 50.7 Å². The summed E-state index contributed by atoms with van der Waals surface area (Å²) in [4.78, 5) is 4.99. The molecule has 1 aliphatic heterocycles. The first kappa shape index (κ1) is 21.6. The van der Waals surface area contributed by atoms with Crippen LogP contribution in [0.4, 0.5) is 5.69 Å². The maximum atomic E-state index is 5.86. The summed E-state index contributed by atoms with van der Waals surface area (Å²) in [5.74, 6) is 0.981. The van der Waals surface area contributed by atoms with Crippen LogP contribution in [0, 0.1) is 0 Å². The van der Waals surface area contributed by atoms with Crippen molar-refractivity contribution in [3.8, 4) is 5.75 Å². The summed E-state index contributed by atoms with van der Waals surface area (Å²) in [6.07, 6.45) is 0. The summed E-state index contributed by atoms with van der Waals surface area (Å²) >= 11 is 0. The number of nitrogen functional groups attached to an aromatic ring is 1. The van der Waals surface area contributed by atoms with Crippen LogP contribution in [0.5, 0.6) is 5.75 Å². The Morgan fingerprint density at radius 2 is 1.52 bits per heavy atom. The van der Waals surface area contributed by atoms with Crippen LogP contribution in [-0.4, -0.2) is 43.1 Å². The second kappa shape index (κ2) is 10.5. The van der Waals surface area contributed by atoms with E-state index in [-0.39, 0.29) is 24.8 Å². The van der Waals surface area contributed by atoms with Crippen LogP contribution in [0.2, 0.25) is 0 Å². The van der Waals surface area contributed by atoms with Gasteiger partial charge in [-0.2, -0.15) is 0 Å². The van der Waals surface area contributed by atoms with Gasteiger partial charge in [0.25, 0.3) is 0 Å². The van der Waals surface area contributed by atoms with Crippen LogP contribution in [0.25, 0.3) is 0 Å². The second-order valence-electron chi connectivity index (χ2n) is 6.11. The molecule has 138 valence electrons. The monoisotopic (exact) mass is 383 g/mol. The van der Waals surface area contributed by atoms with Gasteiger partial charge < -0.3 is 10.5 Å². The molecule has 1 saturated heterocycles. The first-order chi connectivity index (χ1) is 11.2. The number of hydrogen-bond acceptors (Lipinski definition) is 4. The second-order valence-corrected chi connectivity index (χ2v) is 6.11. The van der Waals surface area contributed by atoms with Crippen LogP contribution >= 0.6 is 24.8 Å². The van der Waals surface area contributed by atoms with Crippen molar-refractivity contribution in [1.82, 2.24) is 9.80 Å². The molecule has 2 aromatic rings. The van der Waals surface area contributed by atoms with Crippen LogP contribution in [0.3, 0.4) is 0 Å². The zero-order valence-corrected chi connectivity index (χ0v) is 16.2. The minimum absolute atomic E-state index is 0. The Labute approximate surface area is 162 Å². The molecule has 0 saturated carbocycles. The number of piperazine rings is 1. The number of para-hydroxylation sites is 1. The number of benzene rings is 2.